The van der Waals surface area contributed by atoms with Gasteiger partial charge < -0.3 is 5.11 Å². The first-order valence-corrected chi connectivity index (χ1v) is 4.46. The Bertz CT molecular complexity index is 332. The second kappa shape index (κ2) is 3.73. The summed E-state index contributed by atoms with van der Waals surface area (Å²) in [6.45, 7) is 5.77. The predicted molar refractivity (Wildman–Crippen MR) is 48.8 cm³/mol. The molecule has 0 spiro atoms. The molecule has 0 radical (unpaired) electrons. The molecule has 0 bridgehead atoms. The summed E-state index contributed by atoms with van der Waals surface area (Å²) in [5, 5.41) is 20.0. The van der Waals surface area contributed by atoms with Gasteiger partial charge in [0.1, 0.15) is 0 Å². The highest BCUT2D eigenvalue weighted by Crippen LogP contribution is 2.21. The van der Waals surface area contributed by atoms with Gasteiger partial charge in [0.15, 0.2) is 12.4 Å². The van der Waals surface area contributed by atoms with Crippen molar-refractivity contribution in [3.05, 3.63) is 5.82 Å². The molecule has 0 aliphatic rings. The molecule has 0 aromatic carbocycles. The van der Waals surface area contributed by atoms with Gasteiger partial charge in [0, 0.05) is 5.41 Å². The molecule has 1 heterocycles. The van der Waals surface area contributed by atoms with Crippen molar-refractivity contribution in [3.63, 3.8) is 0 Å². The molecule has 14 heavy (non-hydrogen) atoms. The molecule has 1 aromatic heterocycles. The van der Waals surface area contributed by atoms with Crippen LogP contribution in [-0.4, -0.2) is 31.3 Å². The molecule has 6 heteroatoms. The number of aliphatic carboxylic acids is 1. The number of rotatable bonds is 4. The van der Waals surface area contributed by atoms with Crippen LogP contribution in [0.1, 0.15) is 33.0 Å². The Morgan fingerprint density at radius 2 is 2.21 bits per heavy atom. The number of carboxylic acids is 1. The number of hydrogen-bond donors (Lipinski definition) is 1. The van der Waals surface area contributed by atoms with E-state index in [0.717, 1.165) is 11.2 Å². The molecule has 0 fully saturated rings. The molecule has 1 N–H and O–H groups in total. The number of hydrogen-bond acceptors (Lipinski definition) is 4. The topological polar surface area (TPSA) is 80.9 Å². The van der Waals surface area contributed by atoms with Crippen molar-refractivity contribution in [1.29, 1.82) is 0 Å². The lowest BCUT2D eigenvalue weighted by Gasteiger charge is -2.16. The fourth-order valence-corrected chi connectivity index (χ4v) is 0.860. The lowest BCUT2D eigenvalue weighted by Crippen LogP contribution is -2.18. The van der Waals surface area contributed by atoms with E-state index in [0.29, 0.717) is 5.82 Å². The van der Waals surface area contributed by atoms with Gasteiger partial charge in [0.05, 0.1) is 0 Å². The molecule has 0 saturated carbocycles. The summed E-state index contributed by atoms with van der Waals surface area (Å²) < 4.78 is 0. The van der Waals surface area contributed by atoms with Crippen LogP contribution in [0.15, 0.2) is 0 Å². The minimum Gasteiger partial charge on any atom is -0.480 e. The highest BCUT2D eigenvalue weighted by molar-refractivity contribution is 5.66. The molecular formula is C8H14N4O2. The van der Waals surface area contributed by atoms with E-state index in [2.05, 4.69) is 15.4 Å². The van der Waals surface area contributed by atoms with Crippen molar-refractivity contribution in [2.24, 2.45) is 0 Å². The second-order valence-electron chi connectivity index (χ2n) is 3.77. The van der Waals surface area contributed by atoms with Crippen LogP contribution < -0.4 is 0 Å². The molecule has 0 aliphatic carbocycles. The quantitative estimate of drug-likeness (QED) is 0.759. The van der Waals surface area contributed by atoms with E-state index in [-0.39, 0.29) is 12.0 Å². The summed E-state index contributed by atoms with van der Waals surface area (Å²) in [6, 6.07) is 0. The van der Waals surface area contributed by atoms with E-state index < -0.39 is 5.97 Å². The van der Waals surface area contributed by atoms with Gasteiger partial charge in [-0.25, -0.2) is 0 Å². The van der Waals surface area contributed by atoms with Gasteiger partial charge in [-0.1, -0.05) is 20.8 Å². The lowest BCUT2D eigenvalue weighted by atomic mass is 9.90. The van der Waals surface area contributed by atoms with Gasteiger partial charge in [0.2, 0.25) is 0 Å². The third kappa shape index (κ3) is 2.27. The Kier molecular flexibility index (Phi) is 2.83. The molecule has 6 nitrogen and oxygen atoms in total. The monoisotopic (exact) mass is 198 g/mol. The summed E-state index contributed by atoms with van der Waals surface area (Å²) >= 11 is 0. The van der Waals surface area contributed by atoms with Crippen LogP contribution in [-0.2, 0) is 16.8 Å². The first kappa shape index (κ1) is 10.6. The van der Waals surface area contributed by atoms with E-state index >= 15 is 0 Å². The summed E-state index contributed by atoms with van der Waals surface area (Å²) in [5.41, 5.74) is -0.156. The van der Waals surface area contributed by atoms with E-state index in [4.69, 9.17) is 5.11 Å². The van der Waals surface area contributed by atoms with Crippen molar-refractivity contribution < 1.29 is 9.90 Å². The van der Waals surface area contributed by atoms with Crippen molar-refractivity contribution in [2.75, 3.05) is 0 Å². The standard InChI is InChI=1S/C8H14N4O2/c1-4-8(2,3)7-9-11-12(10-7)5-6(13)14/h4-5H2,1-3H3,(H,13,14). The van der Waals surface area contributed by atoms with E-state index in [9.17, 15) is 4.79 Å². The molecule has 0 unspecified atom stereocenters. The first-order chi connectivity index (χ1) is 6.45. The Morgan fingerprint density at radius 3 is 2.71 bits per heavy atom. The maximum absolute atomic E-state index is 10.4. The molecule has 78 valence electrons. The van der Waals surface area contributed by atoms with Gasteiger partial charge in [0.25, 0.3) is 0 Å². The number of carbonyl (C=O) groups is 1. The summed E-state index contributed by atoms with van der Waals surface area (Å²) in [7, 11) is 0. The number of aromatic nitrogens is 4. The average Bonchev–Trinajstić information content (AvgIpc) is 2.52. The van der Waals surface area contributed by atoms with Crippen LogP contribution >= 0.6 is 0 Å². The predicted octanol–water partition coefficient (Wildman–Crippen LogP) is 0.445. The van der Waals surface area contributed by atoms with Gasteiger partial charge >= 0.3 is 5.97 Å². The average molecular weight is 198 g/mol. The second-order valence-corrected chi connectivity index (χ2v) is 3.77. The molecule has 0 aliphatic heterocycles. The van der Waals surface area contributed by atoms with E-state index in [1.165, 1.54) is 0 Å². The van der Waals surface area contributed by atoms with Crippen molar-refractivity contribution in [1.82, 2.24) is 20.2 Å². The van der Waals surface area contributed by atoms with Crippen LogP contribution in [0.25, 0.3) is 0 Å². The maximum atomic E-state index is 10.4. The fraction of sp³-hybridized carbons (Fsp3) is 0.750. The summed E-state index contributed by atoms with van der Waals surface area (Å²) in [4.78, 5) is 11.5. The largest absolute Gasteiger partial charge is 0.480 e. The minimum atomic E-state index is -0.969. The maximum Gasteiger partial charge on any atom is 0.327 e. The minimum absolute atomic E-state index is 0.156. The van der Waals surface area contributed by atoms with Crippen LogP contribution in [0.3, 0.4) is 0 Å². The van der Waals surface area contributed by atoms with Gasteiger partial charge in [-0.05, 0) is 11.6 Å². The highest BCUT2D eigenvalue weighted by atomic mass is 16.4. The van der Waals surface area contributed by atoms with Crippen LogP contribution in [0.4, 0.5) is 0 Å². The van der Waals surface area contributed by atoms with Gasteiger partial charge in [-0.3, -0.25) is 4.79 Å². The zero-order chi connectivity index (χ0) is 10.8. The van der Waals surface area contributed by atoms with Crippen LogP contribution in [0.2, 0.25) is 0 Å². The smallest absolute Gasteiger partial charge is 0.327 e. The van der Waals surface area contributed by atoms with E-state index in [1.54, 1.807) is 0 Å². The first-order valence-electron chi connectivity index (χ1n) is 4.46. The van der Waals surface area contributed by atoms with Crippen molar-refractivity contribution in [2.45, 2.75) is 39.2 Å². The zero-order valence-electron chi connectivity index (χ0n) is 8.56. The zero-order valence-corrected chi connectivity index (χ0v) is 8.56. The summed E-state index contributed by atoms with van der Waals surface area (Å²) in [6.07, 6.45) is 0.881. The summed E-state index contributed by atoms with van der Waals surface area (Å²) in [5.74, 6) is -0.385. The Morgan fingerprint density at radius 1 is 1.57 bits per heavy atom. The van der Waals surface area contributed by atoms with Crippen molar-refractivity contribution >= 4 is 5.97 Å². The highest BCUT2D eigenvalue weighted by Gasteiger charge is 2.24. The SMILES string of the molecule is CCC(C)(C)c1nnn(CC(=O)O)n1. The molecule has 1 rings (SSSR count). The fourth-order valence-electron chi connectivity index (χ4n) is 0.860. The van der Waals surface area contributed by atoms with Gasteiger partial charge in [-0.15, -0.1) is 10.2 Å². The third-order valence-electron chi connectivity index (χ3n) is 2.22. The molecule has 0 amide bonds. The normalized spacial score (nSPS) is 11.6. The molecule has 0 saturated heterocycles. The van der Waals surface area contributed by atoms with Crippen LogP contribution in [0.5, 0.6) is 0 Å². The van der Waals surface area contributed by atoms with Crippen molar-refractivity contribution in [3.8, 4) is 0 Å². The number of nitrogens with zero attached hydrogens (tertiary/aromatic N) is 4. The lowest BCUT2D eigenvalue weighted by molar-refractivity contribution is -0.138. The van der Waals surface area contributed by atoms with Gasteiger partial charge in [-0.2, -0.15) is 4.80 Å². The Labute approximate surface area is 81.9 Å². The molecular weight excluding hydrogens is 184 g/mol. The number of tetrazole rings is 1. The Balaban J connectivity index is 2.82. The Hall–Kier alpha value is -1.46. The van der Waals surface area contributed by atoms with Crippen LogP contribution in [0, 0.1) is 0 Å². The molecule has 0 atom stereocenters. The number of carboxylic acid groups (broad SMARTS) is 1. The third-order valence-corrected chi connectivity index (χ3v) is 2.22. The molecule has 1 aromatic rings. The van der Waals surface area contributed by atoms with E-state index in [1.807, 2.05) is 20.8 Å².